The maximum Gasteiger partial charge on any atom is 0.265 e. The van der Waals surface area contributed by atoms with Gasteiger partial charge in [0.15, 0.2) is 5.65 Å². The number of hydrogen-bond acceptors (Lipinski definition) is 5. The second-order valence-corrected chi connectivity index (χ2v) is 7.18. The largest absolute Gasteiger partial charge is 0.321 e. The van der Waals surface area contributed by atoms with E-state index in [2.05, 4.69) is 20.7 Å². The first-order valence-electron chi connectivity index (χ1n) is 8.57. The van der Waals surface area contributed by atoms with E-state index in [1.54, 1.807) is 41.2 Å². The lowest BCUT2D eigenvalue weighted by molar-refractivity contribution is 0.102. The highest BCUT2D eigenvalue weighted by molar-refractivity contribution is 7.12. The predicted molar refractivity (Wildman–Crippen MR) is 110 cm³/mol. The van der Waals surface area contributed by atoms with Crippen molar-refractivity contribution in [3.63, 3.8) is 0 Å². The van der Waals surface area contributed by atoms with Crippen LogP contribution in [0.2, 0.25) is 0 Å². The molecular weight excluding hydrogens is 374 g/mol. The highest BCUT2D eigenvalue weighted by Gasteiger charge is 2.16. The number of amides is 2. The molecule has 8 heteroatoms. The molecule has 0 aliphatic heterocycles. The molecule has 0 aliphatic rings. The fourth-order valence-electron chi connectivity index (χ4n) is 2.96. The lowest BCUT2D eigenvalue weighted by Crippen LogP contribution is -2.17. The van der Waals surface area contributed by atoms with Gasteiger partial charge in [-0.25, -0.2) is 4.98 Å². The first kappa shape index (κ1) is 17.9. The fraction of sp³-hybridized carbons (Fsp3) is 0.100. The number of carbonyl (C=O) groups is 2. The zero-order valence-corrected chi connectivity index (χ0v) is 16.1. The Bertz CT molecular complexity index is 1180. The molecule has 0 bridgehead atoms. The number of thiophene rings is 1. The van der Waals surface area contributed by atoms with Gasteiger partial charge in [-0.2, -0.15) is 5.10 Å². The molecule has 0 atom stereocenters. The van der Waals surface area contributed by atoms with Crippen LogP contribution in [0, 0.1) is 6.92 Å². The third-order valence-corrected chi connectivity index (χ3v) is 5.15. The number of pyridine rings is 1. The Balaban J connectivity index is 1.58. The van der Waals surface area contributed by atoms with Gasteiger partial charge in [0.2, 0.25) is 0 Å². The quantitative estimate of drug-likeness (QED) is 0.553. The number of rotatable bonds is 4. The molecule has 28 heavy (non-hydrogen) atoms. The Hall–Kier alpha value is -3.52. The Morgan fingerprint density at radius 3 is 2.68 bits per heavy atom. The lowest BCUT2D eigenvalue weighted by Gasteiger charge is -2.11. The molecular formula is C20H17N5O2S. The Morgan fingerprint density at radius 1 is 1.07 bits per heavy atom. The van der Waals surface area contributed by atoms with Gasteiger partial charge in [-0.1, -0.05) is 18.2 Å². The molecule has 4 aromatic rings. The number of aromatic nitrogens is 3. The van der Waals surface area contributed by atoms with Gasteiger partial charge in [0, 0.05) is 12.4 Å². The minimum atomic E-state index is -0.329. The summed E-state index contributed by atoms with van der Waals surface area (Å²) in [5.41, 5.74) is 2.97. The van der Waals surface area contributed by atoms with Crippen molar-refractivity contribution < 1.29 is 9.59 Å². The van der Waals surface area contributed by atoms with Crippen molar-refractivity contribution in [2.24, 2.45) is 7.05 Å². The van der Waals surface area contributed by atoms with Crippen LogP contribution in [-0.2, 0) is 7.05 Å². The third-order valence-electron chi connectivity index (χ3n) is 4.29. The summed E-state index contributed by atoms with van der Waals surface area (Å²) in [5, 5.41) is 12.7. The van der Waals surface area contributed by atoms with Crippen molar-refractivity contribution in [2.45, 2.75) is 6.92 Å². The fourth-order valence-corrected chi connectivity index (χ4v) is 3.58. The van der Waals surface area contributed by atoms with E-state index in [0.717, 1.165) is 16.7 Å². The molecule has 1 aromatic carbocycles. The first-order valence-corrected chi connectivity index (χ1v) is 9.45. The number of carbonyl (C=O) groups excluding carboxylic acids is 2. The number of para-hydroxylation sites is 1. The van der Waals surface area contributed by atoms with E-state index >= 15 is 0 Å². The summed E-state index contributed by atoms with van der Waals surface area (Å²) in [5.74, 6) is -0.575. The van der Waals surface area contributed by atoms with Crippen molar-refractivity contribution in [3.8, 4) is 0 Å². The molecule has 2 amide bonds. The van der Waals surface area contributed by atoms with Crippen molar-refractivity contribution >= 4 is 45.6 Å². The molecule has 140 valence electrons. The number of hydrogen-bond donors (Lipinski definition) is 2. The maximum atomic E-state index is 12.8. The Morgan fingerprint density at radius 2 is 1.89 bits per heavy atom. The average molecular weight is 391 g/mol. The van der Waals surface area contributed by atoms with Gasteiger partial charge < -0.3 is 10.6 Å². The van der Waals surface area contributed by atoms with Crippen LogP contribution in [-0.4, -0.2) is 26.6 Å². The summed E-state index contributed by atoms with van der Waals surface area (Å²) in [6, 6.07) is 12.3. The van der Waals surface area contributed by atoms with Crippen LogP contribution in [0.25, 0.3) is 11.0 Å². The molecule has 0 saturated carbocycles. The van der Waals surface area contributed by atoms with Crippen LogP contribution >= 0.6 is 11.3 Å². The minimum Gasteiger partial charge on any atom is -0.321 e. The zero-order chi connectivity index (χ0) is 19.7. The highest BCUT2D eigenvalue weighted by atomic mass is 32.1. The minimum absolute atomic E-state index is 0.246. The summed E-state index contributed by atoms with van der Waals surface area (Å²) in [7, 11) is 1.83. The van der Waals surface area contributed by atoms with Crippen LogP contribution in [0.1, 0.15) is 25.7 Å². The van der Waals surface area contributed by atoms with Gasteiger partial charge >= 0.3 is 0 Å². The molecule has 3 heterocycles. The van der Waals surface area contributed by atoms with E-state index in [0.29, 0.717) is 21.8 Å². The number of fused-ring (bicyclic) bond motifs is 1. The second-order valence-electron chi connectivity index (χ2n) is 6.24. The summed E-state index contributed by atoms with van der Waals surface area (Å²) in [6.45, 7) is 1.89. The van der Waals surface area contributed by atoms with Gasteiger partial charge in [0.25, 0.3) is 11.8 Å². The van der Waals surface area contributed by atoms with Crippen molar-refractivity contribution in [1.29, 1.82) is 0 Å². The SMILES string of the molecule is Cc1nn(C)c2ncc(NC(=O)c3ccccc3NC(=O)c3cccs3)cc12. The maximum absolute atomic E-state index is 12.8. The summed E-state index contributed by atoms with van der Waals surface area (Å²) >= 11 is 1.34. The van der Waals surface area contributed by atoms with E-state index in [-0.39, 0.29) is 11.8 Å². The summed E-state index contributed by atoms with van der Waals surface area (Å²) < 4.78 is 1.70. The van der Waals surface area contributed by atoms with Crippen LogP contribution in [0.15, 0.2) is 54.0 Å². The number of anilines is 2. The topological polar surface area (TPSA) is 88.9 Å². The normalized spacial score (nSPS) is 10.8. The third kappa shape index (κ3) is 3.37. The molecule has 4 rings (SSSR count). The monoisotopic (exact) mass is 391 g/mol. The standard InChI is InChI=1S/C20H17N5O2S/c1-12-15-10-13(11-21-18(15)25(2)24-12)22-19(26)14-6-3-4-7-16(14)23-20(27)17-8-5-9-28-17/h3-11H,1-2H3,(H,22,26)(H,23,27). The zero-order valence-electron chi connectivity index (χ0n) is 15.3. The van der Waals surface area contributed by atoms with Gasteiger partial charge in [-0.05, 0) is 36.6 Å². The number of aryl methyl sites for hydroxylation is 2. The highest BCUT2D eigenvalue weighted by Crippen LogP contribution is 2.22. The van der Waals surface area contributed by atoms with E-state index in [4.69, 9.17) is 0 Å². The first-order chi connectivity index (χ1) is 13.5. The average Bonchev–Trinajstić information content (AvgIpc) is 3.31. The smallest absolute Gasteiger partial charge is 0.265 e. The van der Waals surface area contributed by atoms with Crippen LogP contribution < -0.4 is 10.6 Å². The molecule has 0 unspecified atom stereocenters. The van der Waals surface area contributed by atoms with Gasteiger partial charge in [0.1, 0.15) is 0 Å². The summed E-state index contributed by atoms with van der Waals surface area (Å²) in [6.07, 6.45) is 1.59. The van der Waals surface area contributed by atoms with Gasteiger partial charge in [-0.15, -0.1) is 11.3 Å². The molecule has 3 aromatic heterocycles. The van der Waals surface area contributed by atoms with E-state index in [1.165, 1.54) is 11.3 Å². The van der Waals surface area contributed by atoms with Crippen LogP contribution in [0.4, 0.5) is 11.4 Å². The van der Waals surface area contributed by atoms with Crippen LogP contribution in [0.5, 0.6) is 0 Å². The van der Waals surface area contributed by atoms with Crippen molar-refractivity contribution in [1.82, 2.24) is 14.8 Å². The number of nitrogens with zero attached hydrogens (tertiary/aromatic N) is 3. The van der Waals surface area contributed by atoms with E-state index < -0.39 is 0 Å². The molecule has 0 fully saturated rings. The number of nitrogens with one attached hydrogen (secondary N) is 2. The molecule has 0 spiro atoms. The van der Waals surface area contributed by atoms with Crippen molar-refractivity contribution in [3.05, 3.63) is 70.2 Å². The molecule has 0 aliphatic carbocycles. The van der Waals surface area contributed by atoms with Gasteiger partial charge in [0.05, 0.1) is 33.7 Å². The molecule has 2 N–H and O–H groups in total. The van der Waals surface area contributed by atoms with E-state index in [9.17, 15) is 9.59 Å². The summed E-state index contributed by atoms with van der Waals surface area (Å²) in [4.78, 5) is 30.1. The Kier molecular flexibility index (Phi) is 4.62. The molecule has 7 nitrogen and oxygen atoms in total. The van der Waals surface area contributed by atoms with Crippen LogP contribution in [0.3, 0.4) is 0 Å². The molecule has 0 radical (unpaired) electrons. The van der Waals surface area contributed by atoms with E-state index in [1.807, 2.05) is 31.5 Å². The second kappa shape index (κ2) is 7.24. The lowest BCUT2D eigenvalue weighted by atomic mass is 10.1. The Labute approximate surface area is 165 Å². The van der Waals surface area contributed by atoms with Crippen molar-refractivity contribution in [2.75, 3.05) is 10.6 Å². The predicted octanol–water partition coefficient (Wildman–Crippen LogP) is 3.84. The van der Waals surface area contributed by atoms with Gasteiger partial charge in [-0.3, -0.25) is 14.3 Å². The molecule has 0 saturated heterocycles. The number of benzene rings is 1.